The van der Waals surface area contributed by atoms with Gasteiger partial charge in [0.1, 0.15) is 17.9 Å². The molecule has 4 rings (SSSR count). The van der Waals surface area contributed by atoms with E-state index in [0.717, 1.165) is 68.9 Å². The van der Waals surface area contributed by atoms with E-state index in [0.29, 0.717) is 44.3 Å². The average Bonchev–Trinajstić information content (AvgIpc) is 3.11. The van der Waals surface area contributed by atoms with Crippen molar-refractivity contribution in [3.05, 3.63) is 71.3 Å². The molecule has 2 aliphatic rings. The quantitative estimate of drug-likeness (QED) is 0.0712. The highest BCUT2D eigenvalue weighted by atomic mass is 16.2. The number of hydrogen-bond donors (Lipinski definition) is 8. The first-order valence-corrected chi connectivity index (χ1v) is 18.1. The molecule has 266 valence electrons. The number of amides is 3. The van der Waals surface area contributed by atoms with Crippen molar-refractivity contribution in [1.29, 1.82) is 10.8 Å². The highest BCUT2D eigenvalue weighted by Gasteiger charge is 2.37. The third-order valence-corrected chi connectivity index (χ3v) is 10.2. The summed E-state index contributed by atoms with van der Waals surface area (Å²) in [5.41, 5.74) is 13.9. The molecule has 0 radical (unpaired) electrons. The van der Waals surface area contributed by atoms with Crippen LogP contribution in [-0.2, 0) is 27.2 Å². The number of benzene rings is 2. The molecule has 2 unspecified atom stereocenters. The monoisotopic (exact) mass is 672 g/mol. The molecule has 2 fully saturated rings. The van der Waals surface area contributed by atoms with Crippen LogP contribution >= 0.6 is 0 Å². The molecule has 10 N–H and O–H groups in total. The van der Waals surface area contributed by atoms with Crippen molar-refractivity contribution in [1.82, 2.24) is 21.3 Å². The Labute approximate surface area is 291 Å². The van der Waals surface area contributed by atoms with Crippen LogP contribution in [-0.4, -0.2) is 54.7 Å². The van der Waals surface area contributed by atoms with Gasteiger partial charge in [0.05, 0.1) is 0 Å². The highest BCUT2D eigenvalue weighted by molar-refractivity contribution is 5.95. The van der Waals surface area contributed by atoms with Crippen LogP contribution in [0.1, 0.15) is 93.7 Å². The van der Waals surface area contributed by atoms with Crippen molar-refractivity contribution >= 4 is 29.5 Å². The maximum atomic E-state index is 14.3. The number of guanidine groups is 1. The Morgan fingerprint density at radius 2 is 1.33 bits per heavy atom. The van der Waals surface area contributed by atoms with Gasteiger partial charge in [-0.25, -0.2) is 0 Å². The lowest BCUT2D eigenvalue weighted by atomic mass is 9.76. The molecule has 2 aromatic rings. The number of rotatable bonds is 17. The lowest BCUT2D eigenvalue weighted by Crippen LogP contribution is -2.57. The topological polar surface area (TPSA) is 199 Å². The standard InChI is InChI=1S/C38H56N8O3/c39-34(40)30-20-18-27(19-21-30)25-31(28-13-6-2-7-14-28)35(47)46-33(29-15-8-3-9-16-29)37(49)45-32(17-10-23-44-38(41)42)36(48)43-24-22-26-11-4-1-5-12-26/h1,4-5,11-12,18-21,28-29,31-33H,2-3,6-10,13-17,22-25H2,(H3,39,40)(H,43,48)(H,45,49)(H,46,47)(H4,41,42,44)/t31?,32-,33?/m0/s1. The van der Waals surface area contributed by atoms with E-state index >= 15 is 0 Å². The van der Waals surface area contributed by atoms with Gasteiger partial charge in [-0.05, 0) is 74.3 Å². The molecule has 2 aromatic carbocycles. The summed E-state index contributed by atoms with van der Waals surface area (Å²) in [6.07, 6.45) is 12.2. The van der Waals surface area contributed by atoms with Gasteiger partial charge in [0.2, 0.25) is 17.7 Å². The second-order valence-corrected chi connectivity index (χ2v) is 13.8. The molecule has 0 heterocycles. The molecule has 2 aliphatic carbocycles. The van der Waals surface area contributed by atoms with Crippen LogP contribution in [0.2, 0.25) is 0 Å². The van der Waals surface area contributed by atoms with Crippen LogP contribution in [0, 0.1) is 28.6 Å². The molecule has 0 aliphatic heterocycles. The third-order valence-electron chi connectivity index (χ3n) is 10.2. The fraction of sp³-hybridized carbons (Fsp3) is 0.553. The van der Waals surface area contributed by atoms with Crippen molar-refractivity contribution in [2.75, 3.05) is 13.1 Å². The van der Waals surface area contributed by atoms with Gasteiger partial charge in [-0.2, -0.15) is 0 Å². The van der Waals surface area contributed by atoms with Crippen LogP contribution in [0.5, 0.6) is 0 Å². The summed E-state index contributed by atoms with van der Waals surface area (Å²) in [4.78, 5) is 41.9. The molecule has 11 heteroatoms. The SMILES string of the molecule is N=C(N)NCCC[C@H](NC(=O)C(NC(=O)C(Cc1ccc(C(=N)N)cc1)C1CCCCC1)C1CCCCC1)C(=O)NCCc1ccccc1. The Bertz CT molecular complexity index is 1370. The van der Waals surface area contributed by atoms with Gasteiger partial charge in [0, 0.05) is 24.6 Å². The maximum Gasteiger partial charge on any atom is 0.243 e. The van der Waals surface area contributed by atoms with Crippen molar-refractivity contribution in [2.24, 2.45) is 29.2 Å². The second kappa shape index (κ2) is 19.6. The zero-order valence-corrected chi connectivity index (χ0v) is 28.8. The van der Waals surface area contributed by atoms with E-state index < -0.39 is 12.1 Å². The largest absolute Gasteiger partial charge is 0.384 e. The molecule has 0 spiro atoms. The van der Waals surface area contributed by atoms with E-state index in [1.807, 2.05) is 54.6 Å². The van der Waals surface area contributed by atoms with Crippen molar-refractivity contribution in [3.63, 3.8) is 0 Å². The van der Waals surface area contributed by atoms with Gasteiger partial charge >= 0.3 is 0 Å². The van der Waals surface area contributed by atoms with Gasteiger partial charge in [-0.1, -0.05) is 93.1 Å². The second-order valence-electron chi connectivity index (χ2n) is 13.8. The first kappa shape index (κ1) is 37.4. The Hall–Kier alpha value is -4.41. The third kappa shape index (κ3) is 12.2. The van der Waals surface area contributed by atoms with Crippen LogP contribution in [0.4, 0.5) is 0 Å². The van der Waals surface area contributed by atoms with Gasteiger partial charge in [0.15, 0.2) is 5.96 Å². The summed E-state index contributed by atoms with van der Waals surface area (Å²) in [5, 5.41) is 27.2. The Morgan fingerprint density at radius 1 is 0.694 bits per heavy atom. The number of nitrogens with two attached hydrogens (primary N) is 2. The number of hydrogen-bond acceptors (Lipinski definition) is 5. The predicted molar refractivity (Wildman–Crippen MR) is 194 cm³/mol. The van der Waals surface area contributed by atoms with E-state index in [9.17, 15) is 14.4 Å². The van der Waals surface area contributed by atoms with Gasteiger partial charge in [0.25, 0.3) is 0 Å². The minimum atomic E-state index is -0.797. The fourth-order valence-electron chi connectivity index (χ4n) is 7.37. The molecule has 3 amide bonds. The van der Waals surface area contributed by atoms with E-state index in [1.165, 1.54) is 6.42 Å². The van der Waals surface area contributed by atoms with Crippen molar-refractivity contribution in [3.8, 4) is 0 Å². The molecule has 2 saturated carbocycles. The van der Waals surface area contributed by atoms with Crippen LogP contribution in [0.15, 0.2) is 54.6 Å². The van der Waals surface area contributed by atoms with Gasteiger partial charge < -0.3 is 32.7 Å². The summed E-state index contributed by atoms with van der Waals surface area (Å²) in [6.45, 7) is 0.832. The van der Waals surface area contributed by atoms with E-state index in [4.69, 9.17) is 22.3 Å². The minimum Gasteiger partial charge on any atom is -0.384 e. The lowest BCUT2D eigenvalue weighted by Gasteiger charge is -2.34. The zero-order valence-electron chi connectivity index (χ0n) is 28.8. The first-order chi connectivity index (χ1) is 23.7. The summed E-state index contributed by atoms with van der Waals surface area (Å²) in [7, 11) is 0. The summed E-state index contributed by atoms with van der Waals surface area (Å²) in [5.74, 6) is -0.928. The molecule has 0 saturated heterocycles. The number of nitrogens with one attached hydrogen (secondary N) is 6. The van der Waals surface area contributed by atoms with Crippen LogP contribution < -0.4 is 32.7 Å². The van der Waals surface area contributed by atoms with Crippen molar-refractivity contribution < 1.29 is 14.4 Å². The van der Waals surface area contributed by atoms with Crippen LogP contribution in [0.3, 0.4) is 0 Å². The molecule has 49 heavy (non-hydrogen) atoms. The molecule has 3 atom stereocenters. The zero-order chi connectivity index (χ0) is 35.0. The molecular formula is C38H56N8O3. The van der Waals surface area contributed by atoms with E-state index in [1.54, 1.807) is 0 Å². The Kier molecular flexibility index (Phi) is 14.9. The Balaban J connectivity index is 1.49. The molecular weight excluding hydrogens is 616 g/mol. The average molecular weight is 673 g/mol. The van der Waals surface area contributed by atoms with Crippen molar-refractivity contribution in [2.45, 2.75) is 102 Å². The summed E-state index contributed by atoms with van der Waals surface area (Å²) >= 11 is 0. The van der Waals surface area contributed by atoms with E-state index in [-0.39, 0.29) is 47.3 Å². The van der Waals surface area contributed by atoms with Crippen LogP contribution in [0.25, 0.3) is 0 Å². The molecule has 0 aromatic heterocycles. The van der Waals surface area contributed by atoms with Gasteiger partial charge in [-0.15, -0.1) is 0 Å². The molecule has 0 bridgehead atoms. The highest BCUT2D eigenvalue weighted by Crippen LogP contribution is 2.33. The number of nitrogen functional groups attached to an aromatic ring is 1. The Morgan fingerprint density at radius 3 is 1.94 bits per heavy atom. The molecule has 11 nitrogen and oxygen atoms in total. The number of carbonyl (C=O) groups is 3. The van der Waals surface area contributed by atoms with Gasteiger partial charge in [-0.3, -0.25) is 25.2 Å². The first-order valence-electron chi connectivity index (χ1n) is 18.1. The smallest absolute Gasteiger partial charge is 0.243 e. The summed E-state index contributed by atoms with van der Waals surface area (Å²) < 4.78 is 0. The maximum absolute atomic E-state index is 14.3. The predicted octanol–water partition coefficient (Wildman–Crippen LogP) is 3.88. The summed E-state index contributed by atoms with van der Waals surface area (Å²) in [6, 6.07) is 15.9. The lowest BCUT2D eigenvalue weighted by molar-refractivity contribution is -0.135. The van der Waals surface area contributed by atoms with E-state index in [2.05, 4.69) is 21.3 Å². The number of carbonyl (C=O) groups excluding carboxylic acids is 3. The fourth-order valence-corrected chi connectivity index (χ4v) is 7.37. The normalized spacial score (nSPS) is 17.2. The number of amidine groups is 1. The minimum absolute atomic E-state index is 0.00718.